The molecule has 2 aromatic rings. The van der Waals surface area contributed by atoms with Crippen molar-refractivity contribution in [1.82, 2.24) is 0 Å². The van der Waals surface area contributed by atoms with E-state index in [-0.39, 0.29) is 11.2 Å². The number of hydrogen-bond acceptors (Lipinski definition) is 1. The summed E-state index contributed by atoms with van der Waals surface area (Å²) in [4.78, 5) is 0. The van der Waals surface area contributed by atoms with Crippen LogP contribution in [0.25, 0.3) is 0 Å². The predicted octanol–water partition coefficient (Wildman–Crippen LogP) is 17.5. The summed E-state index contributed by atoms with van der Waals surface area (Å²) in [6.07, 6.45) is 45.1. The fourth-order valence-corrected chi connectivity index (χ4v) is 8.89. The van der Waals surface area contributed by atoms with Crippen molar-refractivity contribution in [1.29, 1.82) is 0 Å². The molecule has 0 radical (unpaired) electrons. The van der Waals surface area contributed by atoms with Gasteiger partial charge in [-0.2, -0.15) is 0 Å². The molecule has 1 heteroatoms. The molecule has 0 spiro atoms. The molecule has 0 aliphatic carbocycles. The lowest BCUT2D eigenvalue weighted by molar-refractivity contribution is -0.174. The summed E-state index contributed by atoms with van der Waals surface area (Å²) in [7, 11) is 0. The van der Waals surface area contributed by atoms with E-state index in [1.165, 1.54) is 217 Å². The summed E-state index contributed by atoms with van der Waals surface area (Å²) < 4.78 is 8.21. The second kappa shape index (κ2) is 32.6. The van der Waals surface area contributed by atoms with E-state index in [1.54, 1.807) is 0 Å². The quantitative estimate of drug-likeness (QED) is 0.0625. The Morgan fingerprint density at radius 1 is 0.302 bits per heavy atom. The van der Waals surface area contributed by atoms with Gasteiger partial charge < -0.3 is 4.74 Å². The minimum atomic E-state index is -0.106. The molecule has 0 fully saturated rings. The van der Waals surface area contributed by atoms with Gasteiger partial charge >= 0.3 is 0 Å². The number of rotatable bonds is 38. The maximum Gasteiger partial charge on any atom is 0.0730 e. The third-order valence-corrected chi connectivity index (χ3v) is 12.1. The topological polar surface area (TPSA) is 9.23 Å². The van der Waals surface area contributed by atoms with Crippen molar-refractivity contribution in [3.8, 4) is 0 Å². The molecule has 0 unspecified atom stereocenters. The van der Waals surface area contributed by atoms with Crippen molar-refractivity contribution in [3.63, 3.8) is 0 Å². The van der Waals surface area contributed by atoms with E-state index in [1.807, 2.05) is 0 Å². The summed E-state index contributed by atoms with van der Waals surface area (Å²) in [5, 5.41) is 0. The standard InChI is InChI=1S/C52H90O/c1-5-9-13-17-21-25-35-43-51(47-49-39-31-29-32-40-49,44-36-26-22-18-14-10-6-2)53-52(48-50-41-33-30-34-42-50,45-37-27-23-19-15-11-7-3)46-38-28-24-20-16-12-8-4/h29-34,39-42H,5-28,35-38,43-48H2,1-4H3. The summed E-state index contributed by atoms with van der Waals surface area (Å²) >= 11 is 0. The van der Waals surface area contributed by atoms with E-state index in [4.69, 9.17) is 4.74 Å². The number of unbranched alkanes of at least 4 members (excludes halogenated alkanes) is 24. The fourth-order valence-electron chi connectivity index (χ4n) is 8.89. The normalized spacial score (nSPS) is 12.2. The van der Waals surface area contributed by atoms with Crippen LogP contribution in [-0.4, -0.2) is 11.2 Å². The van der Waals surface area contributed by atoms with Crippen LogP contribution < -0.4 is 0 Å². The molecule has 2 rings (SSSR count). The highest BCUT2D eigenvalue weighted by Crippen LogP contribution is 2.41. The van der Waals surface area contributed by atoms with Crippen LogP contribution in [0.3, 0.4) is 0 Å². The number of hydrogen-bond donors (Lipinski definition) is 0. The van der Waals surface area contributed by atoms with Gasteiger partial charge in [0.05, 0.1) is 11.2 Å². The largest absolute Gasteiger partial charge is 0.368 e. The van der Waals surface area contributed by atoms with Gasteiger partial charge in [0.15, 0.2) is 0 Å². The maximum atomic E-state index is 8.21. The molecule has 0 saturated carbocycles. The first-order valence-electron chi connectivity index (χ1n) is 23.9. The van der Waals surface area contributed by atoms with Crippen LogP contribution >= 0.6 is 0 Å². The molecule has 0 aromatic heterocycles. The smallest absolute Gasteiger partial charge is 0.0730 e. The summed E-state index contributed by atoms with van der Waals surface area (Å²) in [6.45, 7) is 9.33. The van der Waals surface area contributed by atoms with Crippen molar-refractivity contribution in [3.05, 3.63) is 71.8 Å². The second-order valence-electron chi connectivity index (χ2n) is 17.3. The van der Waals surface area contributed by atoms with E-state index in [9.17, 15) is 0 Å². The van der Waals surface area contributed by atoms with Crippen molar-refractivity contribution >= 4 is 0 Å². The number of ether oxygens (including phenoxy) is 1. The Morgan fingerprint density at radius 3 is 0.774 bits per heavy atom. The SMILES string of the molecule is CCCCCCCCCC(CCCCCCCCC)(Cc1ccccc1)OC(CCCCCCCCC)(CCCCCCCCC)Cc1ccccc1. The number of benzene rings is 2. The Kier molecular flexibility index (Phi) is 29.3. The van der Waals surface area contributed by atoms with Crippen LogP contribution in [-0.2, 0) is 17.6 Å². The van der Waals surface area contributed by atoms with E-state index in [0.29, 0.717) is 0 Å². The molecule has 1 nitrogen and oxygen atoms in total. The van der Waals surface area contributed by atoms with E-state index in [2.05, 4.69) is 88.4 Å². The molecule has 0 atom stereocenters. The van der Waals surface area contributed by atoms with Crippen LogP contribution in [0.2, 0.25) is 0 Å². The Morgan fingerprint density at radius 2 is 0.528 bits per heavy atom. The molecule has 0 N–H and O–H groups in total. The molecule has 53 heavy (non-hydrogen) atoms. The van der Waals surface area contributed by atoms with Gasteiger partial charge in [0, 0.05) is 12.8 Å². The zero-order valence-electron chi connectivity index (χ0n) is 36.2. The first-order chi connectivity index (χ1) is 26.1. The molecule has 2 aromatic carbocycles. The molecule has 0 amide bonds. The lowest BCUT2D eigenvalue weighted by atomic mass is 9.79. The van der Waals surface area contributed by atoms with Crippen LogP contribution in [0, 0.1) is 0 Å². The Balaban J connectivity index is 2.44. The lowest BCUT2D eigenvalue weighted by Crippen LogP contribution is -2.48. The van der Waals surface area contributed by atoms with Gasteiger partial charge in [0.1, 0.15) is 0 Å². The van der Waals surface area contributed by atoms with Gasteiger partial charge in [0.2, 0.25) is 0 Å². The van der Waals surface area contributed by atoms with Gasteiger partial charge in [-0.15, -0.1) is 0 Å². The summed E-state index contributed by atoms with van der Waals surface area (Å²) in [5.41, 5.74) is 2.73. The molecular weight excluding hydrogens is 641 g/mol. The van der Waals surface area contributed by atoms with Crippen LogP contribution in [0.4, 0.5) is 0 Å². The third kappa shape index (κ3) is 23.8. The predicted molar refractivity (Wildman–Crippen MR) is 237 cm³/mol. The van der Waals surface area contributed by atoms with Crippen LogP contribution in [0.5, 0.6) is 0 Å². The maximum absolute atomic E-state index is 8.21. The van der Waals surface area contributed by atoms with Crippen molar-refractivity contribution < 1.29 is 4.74 Å². The minimum absolute atomic E-state index is 0.106. The molecule has 0 heterocycles. The summed E-state index contributed by atoms with van der Waals surface area (Å²) in [6, 6.07) is 23.0. The molecular formula is C52H90O. The Hall–Kier alpha value is -1.60. The zero-order valence-corrected chi connectivity index (χ0v) is 36.2. The fraction of sp³-hybridized carbons (Fsp3) is 0.769. The van der Waals surface area contributed by atoms with Crippen molar-refractivity contribution in [2.24, 2.45) is 0 Å². The molecule has 304 valence electrons. The minimum Gasteiger partial charge on any atom is -0.368 e. The average molecular weight is 731 g/mol. The van der Waals surface area contributed by atoms with Gasteiger partial charge in [-0.3, -0.25) is 0 Å². The highest BCUT2D eigenvalue weighted by molar-refractivity contribution is 5.19. The monoisotopic (exact) mass is 731 g/mol. The van der Waals surface area contributed by atoms with Gasteiger partial charge in [0.25, 0.3) is 0 Å². The van der Waals surface area contributed by atoms with Gasteiger partial charge in [-0.25, -0.2) is 0 Å². The van der Waals surface area contributed by atoms with Gasteiger partial charge in [-0.1, -0.05) is 268 Å². The third-order valence-electron chi connectivity index (χ3n) is 12.1. The Bertz CT molecular complexity index is 908. The zero-order chi connectivity index (χ0) is 38.0. The Labute approximate surface area is 332 Å². The average Bonchev–Trinajstić information content (AvgIpc) is 3.17. The molecule has 0 bridgehead atoms. The van der Waals surface area contributed by atoms with E-state index in [0.717, 1.165) is 12.8 Å². The highest BCUT2D eigenvalue weighted by Gasteiger charge is 2.41. The first-order valence-corrected chi connectivity index (χ1v) is 23.9. The summed E-state index contributed by atoms with van der Waals surface area (Å²) in [5.74, 6) is 0. The first kappa shape index (κ1) is 47.6. The second-order valence-corrected chi connectivity index (χ2v) is 17.3. The molecule has 0 saturated heterocycles. The van der Waals surface area contributed by atoms with E-state index < -0.39 is 0 Å². The highest BCUT2D eigenvalue weighted by atomic mass is 16.5. The van der Waals surface area contributed by atoms with Crippen molar-refractivity contribution in [2.45, 2.75) is 257 Å². The van der Waals surface area contributed by atoms with Crippen LogP contribution in [0.15, 0.2) is 60.7 Å². The molecule has 0 aliphatic rings. The lowest BCUT2D eigenvalue weighted by Gasteiger charge is -2.46. The van der Waals surface area contributed by atoms with Crippen LogP contribution in [0.1, 0.15) is 244 Å². The van der Waals surface area contributed by atoms with Gasteiger partial charge in [-0.05, 0) is 36.8 Å². The van der Waals surface area contributed by atoms with Crippen molar-refractivity contribution in [2.75, 3.05) is 0 Å². The van der Waals surface area contributed by atoms with E-state index >= 15 is 0 Å². The molecule has 0 aliphatic heterocycles.